The molecule has 0 bridgehead atoms. The Bertz CT molecular complexity index is 716. The van der Waals surface area contributed by atoms with E-state index in [-0.39, 0.29) is 18.9 Å². The van der Waals surface area contributed by atoms with Crippen LogP contribution in [0.4, 0.5) is 18.0 Å². The Hall–Kier alpha value is -2.33. The van der Waals surface area contributed by atoms with Crippen molar-refractivity contribution in [3.63, 3.8) is 0 Å². The van der Waals surface area contributed by atoms with Gasteiger partial charge in [-0.05, 0) is 45.4 Å². The molecule has 0 radical (unpaired) electrons. The predicted molar refractivity (Wildman–Crippen MR) is 111 cm³/mol. The Kier molecular flexibility index (Phi) is 9.11. The van der Waals surface area contributed by atoms with Crippen LogP contribution in [0.2, 0.25) is 0 Å². The van der Waals surface area contributed by atoms with Crippen LogP contribution in [0.15, 0.2) is 0 Å². The fourth-order valence-corrected chi connectivity index (χ4v) is 3.39. The van der Waals surface area contributed by atoms with Crippen LogP contribution >= 0.6 is 0 Å². The lowest BCUT2D eigenvalue weighted by molar-refractivity contribution is -0.175. The van der Waals surface area contributed by atoms with Crippen LogP contribution in [-0.2, 0) is 19.1 Å². The minimum atomic E-state index is -5.09. The van der Waals surface area contributed by atoms with E-state index in [0.717, 1.165) is 0 Å². The molecule has 0 aromatic heterocycles. The number of halogens is 3. The van der Waals surface area contributed by atoms with Crippen molar-refractivity contribution >= 4 is 23.7 Å². The van der Waals surface area contributed by atoms with Gasteiger partial charge in [0.05, 0.1) is 6.04 Å². The maximum absolute atomic E-state index is 13.1. The summed E-state index contributed by atoms with van der Waals surface area (Å²) in [5, 5.41) is 4.69. The van der Waals surface area contributed by atoms with E-state index in [1.165, 1.54) is 18.7 Å². The van der Waals surface area contributed by atoms with Crippen molar-refractivity contribution in [3.8, 4) is 0 Å². The molecule has 1 aliphatic rings. The summed E-state index contributed by atoms with van der Waals surface area (Å²) < 4.78 is 43.9. The van der Waals surface area contributed by atoms with Crippen molar-refractivity contribution in [1.29, 1.82) is 0 Å². The lowest BCUT2D eigenvalue weighted by Crippen LogP contribution is -2.58. The summed E-state index contributed by atoms with van der Waals surface area (Å²) in [7, 11) is 0. The van der Waals surface area contributed by atoms with E-state index in [9.17, 15) is 32.3 Å². The smallest absolute Gasteiger partial charge is 0.444 e. The quantitative estimate of drug-likeness (QED) is 0.602. The van der Waals surface area contributed by atoms with Gasteiger partial charge in [-0.15, -0.1) is 0 Å². The molecule has 0 spiro atoms. The molecule has 184 valence electrons. The molecule has 0 saturated carbocycles. The van der Waals surface area contributed by atoms with E-state index >= 15 is 0 Å². The molecule has 0 aromatic carbocycles. The fraction of sp³-hybridized carbons (Fsp3) is 0.810. The first-order valence-corrected chi connectivity index (χ1v) is 10.7. The second-order valence-corrected chi connectivity index (χ2v) is 9.65. The molecule has 1 fully saturated rings. The summed E-state index contributed by atoms with van der Waals surface area (Å²) in [6, 6.07) is -3.77. The van der Waals surface area contributed by atoms with Gasteiger partial charge < -0.3 is 20.3 Å². The molecule has 3 atom stereocenters. The Morgan fingerprint density at radius 3 is 1.91 bits per heavy atom. The Labute approximate surface area is 186 Å². The summed E-state index contributed by atoms with van der Waals surface area (Å²) in [5.74, 6) is -4.53. The number of ketones is 1. The highest BCUT2D eigenvalue weighted by Gasteiger charge is 2.46. The van der Waals surface area contributed by atoms with Gasteiger partial charge in [0, 0.05) is 6.54 Å². The van der Waals surface area contributed by atoms with Gasteiger partial charge in [-0.3, -0.25) is 14.4 Å². The van der Waals surface area contributed by atoms with E-state index in [1.54, 1.807) is 34.6 Å². The van der Waals surface area contributed by atoms with E-state index in [4.69, 9.17) is 4.74 Å². The zero-order chi connectivity index (χ0) is 25.0. The van der Waals surface area contributed by atoms with Crippen molar-refractivity contribution in [3.05, 3.63) is 0 Å². The first kappa shape index (κ1) is 27.7. The summed E-state index contributed by atoms with van der Waals surface area (Å²) in [6.45, 7) is 11.4. The highest BCUT2D eigenvalue weighted by molar-refractivity contribution is 5.96. The number of hydrogen-bond acceptors (Lipinski definition) is 5. The van der Waals surface area contributed by atoms with Gasteiger partial charge in [-0.1, -0.05) is 27.7 Å². The molecule has 1 rings (SSSR count). The van der Waals surface area contributed by atoms with Gasteiger partial charge in [0.2, 0.25) is 11.8 Å². The van der Waals surface area contributed by atoms with E-state index in [0.29, 0.717) is 6.42 Å². The minimum absolute atomic E-state index is 0.204. The maximum atomic E-state index is 13.1. The first-order chi connectivity index (χ1) is 14.5. The number of hydrogen-bond donors (Lipinski definition) is 2. The van der Waals surface area contributed by atoms with Crippen LogP contribution in [0.3, 0.4) is 0 Å². The van der Waals surface area contributed by atoms with Crippen LogP contribution in [0.5, 0.6) is 0 Å². The molecular formula is C21H34F3N3O5. The SMILES string of the molecule is CC(C)C(NC(=O)[C@@H]1CCCN1C(=O)[C@@H](NC(=O)OC(C)(C)C)C(C)C)C(=O)C(F)(F)F. The number of carbonyl (C=O) groups is 4. The van der Waals surface area contributed by atoms with Crippen LogP contribution in [0, 0.1) is 11.8 Å². The van der Waals surface area contributed by atoms with Crippen molar-refractivity contribution < 1.29 is 37.1 Å². The zero-order valence-electron chi connectivity index (χ0n) is 19.6. The molecule has 1 unspecified atom stereocenters. The van der Waals surface area contributed by atoms with Crippen LogP contribution in [-0.4, -0.2) is 65.0 Å². The largest absolute Gasteiger partial charge is 0.452 e. The lowest BCUT2D eigenvalue weighted by atomic mass is 9.98. The predicted octanol–water partition coefficient (Wildman–Crippen LogP) is 2.80. The average Bonchev–Trinajstić information content (AvgIpc) is 3.10. The van der Waals surface area contributed by atoms with Gasteiger partial charge in [0.25, 0.3) is 5.78 Å². The van der Waals surface area contributed by atoms with E-state index in [2.05, 4.69) is 10.6 Å². The number of likely N-dealkylation sites (tertiary alicyclic amines) is 1. The van der Waals surface area contributed by atoms with E-state index in [1.807, 2.05) is 0 Å². The molecule has 11 heteroatoms. The van der Waals surface area contributed by atoms with Crippen LogP contribution in [0.25, 0.3) is 0 Å². The summed E-state index contributed by atoms with van der Waals surface area (Å²) in [6.07, 6.45) is -5.19. The maximum Gasteiger partial charge on any atom is 0.452 e. The third-order valence-corrected chi connectivity index (χ3v) is 4.97. The van der Waals surface area contributed by atoms with E-state index < -0.39 is 59.5 Å². The number of carbonyl (C=O) groups excluding carboxylic acids is 4. The number of alkyl halides is 3. The number of alkyl carbamates (subject to hydrolysis) is 1. The number of Topliss-reactive ketones (excluding diaryl/α,β-unsaturated/α-hetero) is 1. The topological polar surface area (TPSA) is 105 Å². The molecule has 1 saturated heterocycles. The fourth-order valence-electron chi connectivity index (χ4n) is 3.39. The normalized spacial score (nSPS) is 19.0. The zero-order valence-corrected chi connectivity index (χ0v) is 19.6. The summed E-state index contributed by atoms with van der Waals surface area (Å²) in [5.41, 5.74) is -0.776. The van der Waals surface area contributed by atoms with Crippen molar-refractivity contribution in [2.75, 3.05) is 6.54 Å². The second kappa shape index (κ2) is 10.5. The first-order valence-electron chi connectivity index (χ1n) is 10.7. The highest BCUT2D eigenvalue weighted by atomic mass is 19.4. The Morgan fingerprint density at radius 1 is 0.938 bits per heavy atom. The van der Waals surface area contributed by atoms with Crippen molar-refractivity contribution in [2.45, 2.75) is 91.2 Å². The van der Waals surface area contributed by atoms with Crippen LogP contribution in [0.1, 0.15) is 61.3 Å². The number of amides is 3. The molecule has 1 aliphatic heterocycles. The average molecular weight is 466 g/mol. The minimum Gasteiger partial charge on any atom is -0.444 e. The monoisotopic (exact) mass is 465 g/mol. The summed E-state index contributed by atoms with van der Waals surface area (Å²) >= 11 is 0. The molecule has 32 heavy (non-hydrogen) atoms. The summed E-state index contributed by atoms with van der Waals surface area (Å²) in [4.78, 5) is 51.1. The Balaban J connectivity index is 2.99. The number of nitrogens with zero attached hydrogens (tertiary/aromatic N) is 1. The van der Waals surface area contributed by atoms with Gasteiger partial charge >= 0.3 is 12.3 Å². The molecule has 0 aromatic rings. The van der Waals surface area contributed by atoms with Gasteiger partial charge in [-0.25, -0.2) is 4.79 Å². The standard InChI is InChI=1S/C21H34F3N3O5/c1-11(2)14(16(28)21(22,23)24)25-17(29)13-9-8-10-27(13)18(30)15(12(3)4)26-19(31)32-20(5,6)7/h11-15H,8-10H2,1-7H3,(H,25,29)(H,26,31)/t13-,14?,15-/m0/s1. The number of nitrogens with one attached hydrogen (secondary N) is 2. The van der Waals surface area contributed by atoms with Crippen LogP contribution < -0.4 is 10.6 Å². The van der Waals surface area contributed by atoms with Gasteiger partial charge in [0.15, 0.2) is 0 Å². The molecule has 8 nitrogen and oxygen atoms in total. The Morgan fingerprint density at radius 2 is 1.47 bits per heavy atom. The molecular weight excluding hydrogens is 431 g/mol. The third-order valence-electron chi connectivity index (χ3n) is 4.97. The molecule has 1 heterocycles. The number of ether oxygens (including phenoxy) is 1. The second-order valence-electron chi connectivity index (χ2n) is 9.65. The van der Waals surface area contributed by atoms with Gasteiger partial charge in [0.1, 0.15) is 17.7 Å². The third kappa shape index (κ3) is 7.67. The van der Waals surface area contributed by atoms with Gasteiger partial charge in [-0.2, -0.15) is 13.2 Å². The van der Waals surface area contributed by atoms with Crippen molar-refractivity contribution in [2.24, 2.45) is 11.8 Å². The van der Waals surface area contributed by atoms with Crippen molar-refractivity contribution in [1.82, 2.24) is 15.5 Å². The highest BCUT2D eigenvalue weighted by Crippen LogP contribution is 2.24. The molecule has 3 amide bonds. The number of rotatable bonds is 7. The lowest BCUT2D eigenvalue weighted by Gasteiger charge is -2.32. The molecule has 2 N–H and O–H groups in total. The molecule has 0 aliphatic carbocycles.